The summed E-state index contributed by atoms with van der Waals surface area (Å²) in [5, 5.41) is -0.309. The molecule has 1 saturated carbocycles. The first-order chi connectivity index (χ1) is 7.24. The lowest BCUT2D eigenvalue weighted by Gasteiger charge is -2.30. The molecular formula is C11H18ClNOS. The van der Waals surface area contributed by atoms with E-state index in [1.807, 2.05) is 18.7 Å². The van der Waals surface area contributed by atoms with E-state index in [0.29, 0.717) is 12.1 Å². The van der Waals surface area contributed by atoms with E-state index in [1.54, 1.807) is 0 Å². The van der Waals surface area contributed by atoms with E-state index in [0.717, 1.165) is 18.6 Å². The van der Waals surface area contributed by atoms with Gasteiger partial charge in [-0.25, -0.2) is 0 Å². The Labute approximate surface area is 101 Å². The number of carbonyl (C=O) groups is 1. The van der Waals surface area contributed by atoms with E-state index in [1.165, 1.54) is 18.6 Å². The third-order valence-corrected chi connectivity index (χ3v) is 4.76. The van der Waals surface area contributed by atoms with Crippen LogP contribution in [-0.4, -0.2) is 39.8 Å². The zero-order valence-corrected chi connectivity index (χ0v) is 10.7. The fourth-order valence-corrected chi connectivity index (χ4v) is 3.41. The summed E-state index contributed by atoms with van der Waals surface area (Å²) in [4.78, 5) is 14.2. The molecule has 0 aromatic heterocycles. The standard InChI is InChI=1S/C11H18ClNOS/c1-2-10(12)11(14)13(8-3-4-8)9-5-6-15-7-9/h8-10H,2-7H2,1H3/t9-,10+/m1/s1. The molecule has 0 aromatic carbocycles. The van der Waals surface area contributed by atoms with Crippen molar-refractivity contribution in [2.75, 3.05) is 11.5 Å². The predicted molar refractivity (Wildman–Crippen MR) is 65.5 cm³/mol. The van der Waals surface area contributed by atoms with Gasteiger partial charge < -0.3 is 4.90 Å². The van der Waals surface area contributed by atoms with Crippen LogP contribution in [0.3, 0.4) is 0 Å². The van der Waals surface area contributed by atoms with Gasteiger partial charge in [0.1, 0.15) is 5.38 Å². The molecule has 2 fully saturated rings. The van der Waals surface area contributed by atoms with Crippen molar-refractivity contribution >= 4 is 29.3 Å². The van der Waals surface area contributed by atoms with Crippen LogP contribution in [0.1, 0.15) is 32.6 Å². The van der Waals surface area contributed by atoms with Gasteiger partial charge in [-0.3, -0.25) is 4.79 Å². The van der Waals surface area contributed by atoms with E-state index in [-0.39, 0.29) is 11.3 Å². The Balaban J connectivity index is 2.01. The maximum absolute atomic E-state index is 12.1. The van der Waals surface area contributed by atoms with Gasteiger partial charge in [0.25, 0.3) is 0 Å². The van der Waals surface area contributed by atoms with Gasteiger partial charge in [0.2, 0.25) is 5.91 Å². The van der Waals surface area contributed by atoms with Gasteiger partial charge in [-0.2, -0.15) is 11.8 Å². The van der Waals surface area contributed by atoms with E-state index in [9.17, 15) is 4.79 Å². The Morgan fingerprint density at radius 1 is 1.47 bits per heavy atom. The third-order valence-electron chi connectivity index (χ3n) is 3.12. The maximum Gasteiger partial charge on any atom is 0.241 e. The van der Waals surface area contributed by atoms with Crippen molar-refractivity contribution in [2.45, 2.75) is 50.1 Å². The van der Waals surface area contributed by atoms with E-state index in [2.05, 4.69) is 4.90 Å². The summed E-state index contributed by atoms with van der Waals surface area (Å²) < 4.78 is 0. The molecule has 0 unspecified atom stereocenters. The van der Waals surface area contributed by atoms with Crippen molar-refractivity contribution in [3.8, 4) is 0 Å². The molecule has 4 heteroatoms. The minimum absolute atomic E-state index is 0.175. The molecule has 1 heterocycles. The average molecular weight is 248 g/mol. The Morgan fingerprint density at radius 3 is 2.67 bits per heavy atom. The van der Waals surface area contributed by atoms with Crippen LogP contribution in [-0.2, 0) is 4.79 Å². The third kappa shape index (κ3) is 2.62. The van der Waals surface area contributed by atoms with E-state index < -0.39 is 0 Å². The fourth-order valence-electron chi connectivity index (χ4n) is 2.09. The number of rotatable bonds is 4. The zero-order valence-electron chi connectivity index (χ0n) is 9.12. The Kier molecular flexibility index (Phi) is 3.83. The molecule has 2 nitrogen and oxygen atoms in total. The summed E-state index contributed by atoms with van der Waals surface area (Å²) in [5.41, 5.74) is 0. The molecule has 1 amide bonds. The normalized spacial score (nSPS) is 27.7. The molecule has 1 saturated heterocycles. The second-order valence-corrected chi connectivity index (χ2v) is 6.05. The maximum atomic E-state index is 12.1. The molecular weight excluding hydrogens is 230 g/mol. The smallest absolute Gasteiger partial charge is 0.241 e. The van der Waals surface area contributed by atoms with E-state index >= 15 is 0 Å². The number of alkyl halides is 1. The molecule has 2 rings (SSSR count). The number of hydrogen-bond donors (Lipinski definition) is 0. The number of amides is 1. The van der Waals surface area contributed by atoms with Crippen molar-refractivity contribution in [2.24, 2.45) is 0 Å². The van der Waals surface area contributed by atoms with Gasteiger partial charge in [-0.15, -0.1) is 11.6 Å². The molecule has 0 spiro atoms. The molecule has 2 aliphatic rings. The predicted octanol–water partition coefficient (Wildman–Crippen LogP) is 2.50. The van der Waals surface area contributed by atoms with Crippen molar-refractivity contribution in [1.29, 1.82) is 0 Å². The summed E-state index contributed by atoms with van der Waals surface area (Å²) in [7, 11) is 0. The van der Waals surface area contributed by atoms with Crippen LogP contribution in [0.4, 0.5) is 0 Å². The van der Waals surface area contributed by atoms with Crippen LogP contribution in [0.5, 0.6) is 0 Å². The van der Waals surface area contributed by atoms with Gasteiger partial charge >= 0.3 is 0 Å². The summed E-state index contributed by atoms with van der Waals surface area (Å²) >= 11 is 8.02. The summed E-state index contributed by atoms with van der Waals surface area (Å²) in [6, 6.07) is 0.969. The van der Waals surface area contributed by atoms with Crippen LogP contribution in [0.15, 0.2) is 0 Å². The summed E-state index contributed by atoms with van der Waals surface area (Å²) in [6.45, 7) is 1.98. The highest BCUT2D eigenvalue weighted by Crippen LogP contribution is 2.34. The molecule has 1 aliphatic carbocycles. The van der Waals surface area contributed by atoms with Crippen LogP contribution in [0, 0.1) is 0 Å². The molecule has 86 valence electrons. The van der Waals surface area contributed by atoms with Gasteiger partial charge in [-0.05, 0) is 31.4 Å². The first-order valence-corrected chi connectivity index (χ1v) is 7.37. The Morgan fingerprint density at radius 2 is 2.20 bits per heavy atom. The highest BCUT2D eigenvalue weighted by Gasteiger charge is 2.40. The molecule has 2 atom stereocenters. The van der Waals surface area contributed by atoms with Crippen LogP contribution >= 0.6 is 23.4 Å². The van der Waals surface area contributed by atoms with Crippen LogP contribution in [0.25, 0.3) is 0 Å². The molecule has 0 N–H and O–H groups in total. The monoisotopic (exact) mass is 247 g/mol. The quantitative estimate of drug-likeness (QED) is 0.712. The van der Waals surface area contributed by atoms with Crippen molar-refractivity contribution in [3.63, 3.8) is 0 Å². The van der Waals surface area contributed by atoms with E-state index in [4.69, 9.17) is 11.6 Å². The number of hydrogen-bond acceptors (Lipinski definition) is 2. The van der Waals surface area contributed by atoms with Crippen LogP contribution in [0.2, 0.25) is 0 Å². The largest absolute Gasteiger partial charge is 0.335 e. The minimum atomic E-state index is -0.309. The lowest BCUT2D eigenvalue weighted by atomic mass is 10.2. The SMILES string of the molecule is CC[C@H](Cl)C(=O)N(C1CC1)[C@@H]1CCSC1. The second-order valence-electron chi connectivity index (χ2n) is 4.37. The lowest BCUT2D eigenvalue weighted by Crippen LogP contribution is -2.45. The highest BCUT2D eigenvalue weighted by atomic mass is 35.5. The lowest BCUT2D eigenvalue weighted by molar-refractivity contribution is -0.133. The second kappa shape index (κ2) is 4.96. The van der Waals surface area contributed by atoms with Gasteiger partial charge in [0, 0.05) is 17.8 Å². The molecule has 0 radical (unpaired) electrons. The molecule has 15 heavy (non-hydrogen) atoms. The topological polar surface area (TPSA) is 20.3 Å². The number of thioether (sulfide) groups is 1. The zero-order chi connectivity index (χ0) is 10.8. The first kappa shape index (κ1) is 11.6. The van der Waals surface area contributed by atoms with Crippen LogP contribution < -0.4 is 0 Å². The van der Waals surface area contributed by atoms with Crippen molar-refractivity contribution in [1.82, 2.24) is 4.90 Å². The fraction of sp³-hybridized carbons (Fsp3) is 0.909. The van der Waals surface area contributed by atoms with Crippen molar-refractivity contribution < 1.29 is 4.79 Å². The molecule has 0 bridgehead atoms. The van der Waals surface area contributed by atoms with Gasteiger partial charge in [0.15, 0.2) is 0 Å². The Bertz CT molecular complexity index is 239. The first-order valence-electron chi connectivity index (χ1n) is 5.78. The average Bonchev–Trinajstić information content (AvgIpc) is 2.92. The minimum Gasteiger partial charge on any atom is -0.335 e. The number of halogens is 1. The molecule has 0 aromatic rings. The number of nitrogens with zero attached hydrogens (tertiary/aromatic N) is 1. The highest BCUT2D eigenvalue weighted by molar-refractivity contribution is 7.99. The summed E-state index contributed by atoms with van der Waals surface area (Å²) in [5.74, 6) is 2.48. The van der Waals surface area contributed by atoms with Gasteiger partial charge in [-0.1, -0.05) is 6.92 Å². The Hall–Kier alpha value is 0.110. The van der Waals surface area contributed by atoms with Gasteiger partial charge in [0.05, 0.1) is 0 Å². The number of carbonyl (C=O) groups excluding carboxylic acids is 1. The van der Waals surface area contributed by atoms with Crippen molar-refractivity contribution in [3.05, 3.63) is 0 Å². The summed E-state index contributed by atoms with van der Waals surface area (Å²) in [6.07, 6.45) is 4.25. The molecule has 1 aliphatic heterocycles.